The van der Waals surface area contributed by atoms with Crippen LogP contribution in [0.25, 0.3) is 0 Å². The molecule has 0 saturated heterocycles. The lowest BCUT2D eigenvalue weighted by molar-refractivity contribution is 0.203. The summed E-state index contributed by atoms with van der Waals surface area (Å²) in [7, 11) is -1.48. The molecule has 0 aliphatic heterocycles. The summed E-state index contributed by atoms with van der Waals surface area (Å²) in [4.78, 5) is 13.9. The smallest absolute Gasteiger partial charge is 0.312 e. The number of nitrogens with zero attached hydrogens (tertiary/aromatic N) is 1. The number of carbonyl (C=O) groups is 1. The normalized spacial score (nSPS) is 13.8. The molecule has 0 saturated carbocycles. The van der Waals surface area contributed by atoms with Gasteiger partial charge in [0, 0.05) is 12.6 Å². The van der Waals surface area contributed by atoms with E-state index in [0.717, 1.165) is 18.4 Å². The molecule has 2 atom stereocenters. The molecule has 0 aliphatic rings. The van der Waals surface area contributed by atoms with Gasteiger partial charge < -0.3 is 4.90 Å². The first kappa shape index (κ1) is 15.9. The fourth-order valence-electron chi connectivity index (χ4n) is 2.11. The van der Waals surface area contributed by atoms with E-state index in [0.29, 0.717) is 12.3 Å². The third-order valence-corrected chi connectivity index (χ3v) is 4.37. The van der Waals surface area contributed by atoms with Crippen LogP contribution in [0.2, 0.25) is 0 Å². The monoisotopic (exact) mass is 281 g/mol. The van der Waals surface area contributed by atoms with Crippen LogP contribution in [-0.4, -0.2) is 26.9 Å². The molecule has 0 heterocycles. The minimum absolute atomic E-state index is 0.155. The van der Waals surface area contributed by atoms with Gasteiger partial charge >= 0.3 is 5.24 Å². The molecule has 106 valence electrons. The van der Waals surface area contributed by atoms with Crippen LogP contribution in [0.4, 0.5) is 4.79 Å². The summed E-state index contributed by atoms with van der Waals surface area (Å²) in [5, 5.41) is -0.243. The molecule has 0 bridgehead atoms. The number of rotatable bonds is 6. The number of amides is 1. The van der Waals surface area contributed by atoms with Gasteiger partial charge in [0.2, 0.25) is 0 Å². The van der Waals surface area contributed by atoms with Gasteiger partial charge in [-0.2, -0.15) is 0 Å². The van der Waals surface area contributed by atoms with Crippen molar-refractivity contribution in [3.8, 4) is 0 Å². The Bertz CT molecular complexity index is 419. The molecule has 0 spiro atoms. The molecule has 3 nitrogen and oxygen atoms in total. The van der Waals surface area contributed by atoms with Crippen molar-refractivity contribution in [3.63, 3.8) is 0 Å². The van der Waals surface area contributed by atoms with E-state index in [4.69, 9.17) is 0 Å². The summed E-state index contributed by atoms with van der Waals surface area (Å²) in [6.45, 7) is 6.66. The third-order valence-electron chi connectivity index (χ3n) is 3.15. The zero-order valence-corrected chi connectivity index (χ0v) is 12.8. The number of hydrogen-bond donors (Lipinski definition) is 0. The van der Waals surface area contributed by atoms with Crippen LogP contribution in [0.15, 0.2) is 30.3 Å². The van der Waals surface area contributed by atoms with Gasteiger partial charge in [0.25, 0.3) is 0 Å². The molecule has 19 heavy (non-hydrogen) atoms. The highest BCUT2D eigenvalue weighted by Crippen LogP contribution is 2.12. The van der Waals surface area contributed by atoms with Crippen molar-refractivity contribution in [2.75, 3.05) is 6.54 Å². The van der Waals surface area contributed by atoms with Crippen molar-refractivity contribution in [1.29, 1.82) is 0 Å². The Labute approximate surface area is 118 Å². The minimum Gasteiger partial charge on any atom is -0.329 e. The number of benzene rings is 1. The van der Waals surface area contributed by atoms with Crippen LogP contribution in [0.3, 0.4) is 0 Å². The molecule has 1 aromatic carbocycles. The fourth-order valence-corrected chi connectivity index (χ4v) is 3.30. The minimum atomic E-state index is -1.48. The maximum atomic E-state index is 12.2. The van der Waals surface area contributed by atoms with E-state index in [1.807, 2.05) is 44.2 Å². The highest BCUT2D eigenvalue weighted by molar-refractivity contribution is 7.99. The molecule has 0 aromatic heterocycles. The van der Waals surface area contributed by atoms with Crippen LogP contribution in [0.1, 0.15) is 39.2 Å². The van der Waals surface area contributed by atoms with E-state index < -0.39 is 10.8 Å². The first-order chi connectivity index (χ1) is 9.10. The molecule has 4 heteroatoms. The first-order valence-corrected chi connectivity index (χ1v) is 8.14. The van der Waals surface area contributed by atoms with Crippen molar-refractivity contribution in [1.82, 2.24) is 4.90 Å². The molecule has 1 aromatic rings. The topological polar surface area (TPSA) is 37.4 Å². The zero-order valence-electron chi connectivity index (χ0n) is 12.0. The van der Waals surface area contributed by atoms with Gasteiger partial charge in [-0.05, 0) is 25.8 Å². The molecular weight excluding hydrogens is 258 g/mol. The van der Waals surface area contributed by atoms with Gasteiger partial charge in [0.1, 0.15) is 10.8 Å². The van der Waals surface area contributed by atoms with E-state index in [1.165, 1.54) is 0 Å². The highest BCUT2D eigenvalue weighted by Gasteiger charge is 2.23. The SMILES string of the molecule is CCCC(C)N(CC)C(=O)S(=O)Cc1ccccc1. The highest BCUT2D eigenvalue weighted by atomic mass is 32.2. The summed E-state index contributed by atoms with van der Waals surface area (Å²) in [6, 6.07) is 9.66. The summed E-state index contributed by atoms with van der Waals surface area (Å²) in [5.41, 5.74) is 0.938. The Morgan fingerprint density at radius 3 is 2.42 bits per heavy atom. The van der Waals surface area contributed by atoms with Gasteiger partial charge in [-0.15, -0.1) is 0 Å². The predicted molar refractivity (Wildman–Crippen MR) is 80.4 cm³/mol. The Morgan fingerprint density at radius 2 is 1.89 bits per heavy atom. The third kappa shape index (κ3) is 4.78. The molecule has 2 unspecified atom stereocenters. The molecular formula is C15H23NO2S. The van der Waals surface area contributed by atoms with Crippen molar-refractivity contribution < 1.29 is 9.00 Å². The predicted octanol–water partition coefficient (Wildman–Crippen LogP) is 3.57. The fraction of sp³-hybridized carbons (Fsp3) is 0.533. The molecule has 0 aliphatic carbocycles. The van der Waals surface area contributed by atoms with Crippen LogP contribution in [0, 0.1) is 0 Å². The molecule has 0 N–H and O–H groups in total. The van der Waals surface area contributed by atoms with Crippen molar-refractivity contribution in [2.24, 2.45) is 0 Å². The maximum absolute atomic E-state index is 12.2. The Hall–Kier alpha value is -1.16. The van der Waals surface area contributed by atoms with E-state index >= 15 is 0 Å². The largest absolute Gasteiger partial charge is 0.329 e. The summed E-state index contributed by atoms with van der Waals surface area (Å²) in [6.07, 6.45) is 1.97. The first-order valence-electron chi connectivity index (χ1n) is 6.83. The lowest BCUT2D eigenvalue weighted by Crippen LogP contribution is -2.39. The summed E-state index contributed by atoms with van der Waals surface area (Å²) >= 11 is 0. The van der Waals surface area contributed by atoms with Gasteiger partial charge in [-0.3, -0.25) is 4.79 Å². The Kier molecular flexibility index (Phi) is 6.78. The van der Waals surface area contributed by atoms with Crippen molar-refractivity contribution >= 4 is 16.0 Å². The summed E-state index contributed by atoms with van der Waals surface area (Å²) in [5.74, 6) is 0.301. The second kappa shape index (κ2) is 8.10. The zero-order chi connectivity index (χ0) is 14.3. The van der Waals surface area contributed by atoms with E-state index in [-0.39, 0.29) is 11.3 Å². The number of carbonyl (C=O) groups excluding carboxylic acids is 1. The molecule has 1 rings (SSSR count). The standard InChI is InChI=1S/C15H23NO2S/c1-4-9-13(3)16(5-2)15(17)19(18)12-14-10-7-6-8-11-14/h6-8,10-11,13H,4-5,9,12H2,1-3H3. The molecule has 1 amide bonds. The second-order valence-electron chi connectivity index (χ2n) is 4.67. The summed E-state index contributed by atoms with van der Waals surface area (Å²) < 4.78 is 12.1. The van der Waals surface area contributed by atoms with Gasteiger partial charge in [-0.1, -0.05) is 43.7 Å². The molecule has 0 fully saturated rings. The van der Waals surface area contributed by atoms with Gasteiger partial charge in [0.15, 0.2) is 0 Å². The van der Waals surface area contributed by atoms with Gasteiger partial charge in [0.05, 0.1) is 5.75 Å². The average molecular weight is 281 g/mol. The Balaban J connectivity index is 2.67. The quantitative estimate of drug-likeness (QED) is 0.799. The van der Waals surface area contributed by atoms with Crippen LogP contribution < -0.4 is 0 Å². The molecule has 0 radical (unpaired) electrons. The maximum Gasteiger partial charge on any atom is 0.312 e. The van der Waals surface area contributed by atoms with E-state index in [9.17, 15) is 9.00 Å². The van der Waals surface area contributed by atoms with Crippen LogP contribution in [0.5, 0.6) is 0 Å². The van der Waals surface area contributed by atoms with Gasteiger partial charge in [-0.25, -0.2) is 4.21 Å². The van der Waals surface area contributed by atoms with E-state index in [1.54, 1.807) is 4.90 Å². The van der Waals surface area contributed by atoms with Crippen LogP contribution in [-0.2, 0) is 16.6 Å². The second-order valence-corrected chi connectivity index (χ2v) is 5.99. The van der Waals surface area contributed by atoms with Crippen LogP contribution >= 0.6 is 0 Å². The Morgan fingerprint density at radius 1 is 1.26 bits per heavy atom. The number of hydrogen-bond acceptors (Lipinski definition) is 2. The van der Waals surface area contributed by atoms with Crippen molar-refractivity contribution in [3.05, 3.63) is 35.9 Å². The van der Waals surface area contributed by atoms with E-state index in [2.05, 4.69) is 6.92 Å². The lowest BCUT2D eigenvalue weighted by atomic mass is 10.2. The van der Waals surface area contributed by atoms with Crippen molar-refractivity contribution in [2.45, 2.75) is 45.4 Å². The lowest BCUT2D eigenvalue weighted by Gasteiger charge is -2.27. The average Bonchev–Trinajstić information content (AvgIpc) is 2.40.